The summed E-state index contributed by atoms with van der Waals surface area (Å²) in [6, 6.07) is 15.2. The molecule has 36 heavy (non-hydrogen) atoms. The van der Waals surface area contributed by atoms with Crippen LogP contribution in [-0.4, -0.2) is 30.5 Å². The van der Waals surface area contributed by atoms with Crippen LogP contribution in [0.3, 0.4) is 0 Å². The largest absolute Gasteiger partial charge is 0.462 e. The van der Waals surface area contributed by atoms with E-state index >= 15 is 0 Å². The molecule has 3 heterocycles. The first-order valence-corrected chi connectivity index (χ1v) is 12.8. The first-order chi connectivity index (χ1) is 17.2. The Morgan fingerprint density at radius 3 is 2.36 bits per heavy atom. The molecule has 0 N–H and O–H groups in total. The standard InChI is InChI=1S/C28H28N2O5S/c1-6-34-28(33)21-17(4)18(5)36-27(21)29-25(31)22-23(19-13-11-15(2)12-14-19)30(35-24(22)26(29)32)20-10-8-7-9-16(20)3/h7-14,22-24H,6H2,1-5H3/t22-,23-,24+/m1/s1. The number of carbonyl (C=O) groups is 3. The summed E-state index contributed by atoms with van der Waals surface area (Å²) >= 11 is 1.25. The predicted molar refractivity (Wildman–Crippen MR) is 138 cm³/mol. The van der Waals surface area contributed by atoms with Crippen LogP contribution >= 0.6 is 11.3 Å². The highest BCUT2D eigenvalue weighted by molar-refractivity contribution is 7.17. The highest BCUT2D eigenvalue weighted by Crippen LogP contribution is 2.50. The molecule has 0 aliphatic carbocycles. The lowest BCUT2D eigenvalue weighted by Crippen LogP contribution is -2.38. The zero-order valence-electron chi connectivity index (χ0n) is 20.9. The lowest BCUT2D eigenvalue weighted by Gasteiger charge is -2.29. The predicted octanol–water partition coefficient (Wildman–Crippen LogP) is 5.21. The van der Waals surface area contributed by atoms with Gasteiger partial charge in [0, 0.05) is 4.88 Å². The van der Waals surface area contributed by atoms with Gasteiger partial charge in [-0.1, -0.05) is 48.0 Å². The highest BCUT2D eigenvalue weighted by Gasteiger charge is 2.61. The summed E-state index contributed by atoms with van der Waals surface area (Å²) in [6.07, 6.45) is -0.999. The van der Waals surface area contributed by atoms with Crippen molar-refractivity contribution in [2.24, 2.45) is 5.92 Å². The first kappa shape index (κ1) is 24.2. The van der Waals surface area contributed by atoms with Crippen LogP contribution in [0.5, 0.6) is 0 Å². The number of hydroxylamine groups is 1. The van der Waals surface area contributed by atoms with Gasteiger partial charge in [-0.15, -0.1) is 11.3 Å². The van der Waals surface area contributed by atoms with Crippen molar-refractivity contribution in [2.45, 2.75) is 46.8 Å². The van der Waals surface area contributed by atoms with Crippen molar-refractivity contribution >= 4 is 39.8 Å². The van der Waals surface area contributed by atoms with Gasteiger partial charge >= 0.3 is 5.97 Å². The lowest BCUT2D eigenvalue weighted by molar-refractivity contribution is -0.126. The second-order valence-electron chi connectivity index (χ2n) is 9.22. The van der Waals surface area contributed by atoms with Gasteiger partial charge < -0.3 is 4.74 Å². The van der Waals surface area contributed by atoms with Crippen LogP contribution in [0.1, 0.15) is 50.5 Å². The van der Waals surface area contributed by atoms with Gasteiger partial charge in [0.05, 0.1) is 23.9 Å². The van der Waals surface area contributed by atoms with E-state index in [1.54, 1.807) is 18.9 Å². The van der Waals surface area contributed by atoms with Crippen LogP contribution in [0.25, 0.3) is 0 Å². The Kier molecular flexibility index (Phi) is 6.18. The number of esters is 1. The first-order valence-electron chi connectivity index (χ1n) is 12.0. The fourth-order valence-electron chi connectivity index (χ4n) is 4.95. The summed E-state index contributed by atoms with van der Waals surface area (Å²) in [4.78, 5) is 48.8. The van der Waals surface area contributed by atoms with Crippen LogP contribution in [0.4, 0.5) is 10.7 Å². The van der Waals surface area contributed by atoms with E-state index in [1.165, 1.54) is 11.3 Å². The maximum Gasteiger partial charge on any atom is 0.341 e. The molecule has 1 aromatic heterocycles. The Morgan fingerprint density at radius 1 is 1.00 bits per heavy atom. The van der Waals surface area contributed by atoms with Gasteiger partial charge in [-0.2, -0.15) is 0 Å². The summed E-state index contributed by atoms with van der Waals surface area (Å²) in [7, 11) is 0. The lowest BCUT2D eigenvalue weighted by atomic mass is 9.90. The molecule has 8 heteroatoms. The van der Waals surface area contributed by atoms with E-state index in [2.05, 4.69) is 0 Å². The third kappa shape index (κ3) is 3.72. The van der Waals surface area contributed by atoms with Crippen LogP contribution in [0, 0.1) is 33.6 Å². The monoisotopic (exact) mass is 504 g/mol. The minimum absolute atomic E-state index is 0.198. The number of fused-ring (bicyclic) bond motifs is 1. The highest BCUT2D eigenvalue weighted by atomic mass is 32.1. The Labute approximate surface area is 214 Å². The Balaban J connectivity index is 1.61. The van der Waals surface area contributed by atoms with Crippen molar-refractivity contribution in [3.8, 4) is 0 Å². The molecule has 2 fully saturated rings. The van der Waals surface area contributed by atoms with Crippen molar-refractivity contribution in [3.05, 3.63) is 81.2 Å². The summed E-state index contributed by atoms with van der Waals surface area (Å²) in [5, 5.41) is 2.01. The van der Waals surface area contributed by atoms with Crippen molar-refractivity contribution in [1.82, 2.24) is 0 Å². The number of ether oxygens (including phenoxy) is 1. The Bertz CT molecular complexity index is 1360. The molecule has 0 spiro atoms. The number of amides is 2. The molecule has 186 valence electrons. The number of imide groups is 1. The molecule has 0 unspecified atom stereocenters. The molecule has 3 atom stereocenters. The van der Waals surface area contributed by atoms with Crippen LogP contribution < -0.4 is 9.96 Å². The van der Waals surface area contributed by atoms with E-state index in [1.807, 2.05) is 69.3 Å². The molecule has 2 aliphatic rings. The normalized spacial score (nSPS) is 21.3. The summed E-state index contributed by atoms with van der Waals surface area (Å²) in [5.41, 5.74) is 4.73. The van der Waals surface area contributed by atoms with E-state index in [-0.39, 0.29) is 18.1 Å². The number of nitrogens with zero attached hydrogens (tertiary/aromatic N) is 2. The van der Waals surface area contributed by atoms with Gasteiger partial charge in [0.15, 0.2) is 6.10 Å². The summed E-state index contributed by atoms with van der Waals surface area (Å²) in [5.74, 6) is -2.15. The molecular weight excluding hydrogens is 476 g/mol. The Morgan fingerprint density at radius 2 is 1.69 bits per heavy atom. The number of hydrogen-bond acceptors (Lipinski definition) is 7. The number of thiophene rings is 1. The average Bonchev–Trinajstić information content (AvgIpc) is 3.45. The zero-order chi connectivity index (χ0) is 25.7. The number of benzene rings is 2. The zero-order valence-corrected chi connectivity index (χ0v) is 21.7. The SMILES string of the molecule is CCOC(=O)c1c(N2C(=O)[C@H]3[C@H](ON(c4ccccc4C)[C@@H]3c3ccc(C)cc3)C2=O)sc(C)c1C. The van der Waals surface area contributed by atoms with Gasteiger partial charge in [0.2, 0.25) is 5.91 Å². The number of hydrogen-bond donors (Lipinski definition) is 0. The number of para-hydroxylation sites is 1. The van der Waals surface area contributed by atoms with Crippen molar-refractivity contribution in [1.29, 1.82) is 0 Å². The van der Waals surface area contributed by atoms with Crippen LogP contribution in [-0.2, 0) is 19.2 Å². The maximum atomic E-state index is 14.0. The van der Waals surface area contributed by atoms with E-state index < -0.39 is 29.9 Å². The molecule has 5 rings (SSSR count). The van der Waals surface area contributed by atoms with Crippen molar-refractivity contribution < 1.29 is 24.0 Å². The minimum atomic E-state index is -0.999. The smallest absolute Gasteiger partial charge is 0.341 e. The molecular formula is C28H28N2O5S. The minimum Gasteiger partial charge on any atom is -0.462 e. The topological polar surface area (TPSA) is 76.2 Å². The molecule has 2 amide bonds. The third-order valence-corrected chi connectivity index (χ3v) is 8.13. The molecule has 3 aromatic rings. The molecule has 0 radical (unpaired) electrons. The van der Waals surface area contributed by atoms with Crippen LogP contribution in [0.2, 0.25) is 0 Å². The average molecular weight is 505 g/mol. The van der Waals surface area contributed by atoms with E-state index in [0.29, 0.717) is 10.6 Å². The molecule has 2 aliphatic heterocycles. The summed E-state index contributed by atoms with van der Waals surface area (Å²) < 4.78 is 5.26. The number of anilines is 2. The van der Waals surface area contributed by atoms with Gasteiger partial charge in [0.25, 0.3) is 5.91 Å². The van der Waals surface area contributed by atoms with E-state index in [4.69, 9.17) is 9.57 Å². The second kappa shape index (κ2) is 9.19. The van der Waals surface area contributed by atoms with Gasteiger partial charge in [-0.05, 0) is 57.4 Å². The fraction of sp³-hybridized carbons (Fsp3) is 0.321. The van der Waals surface area contributed by atoms with Gasteiger partial charge in [-0.25, -0.2) is 14.8 Å². The molecule has 2 aromatic carbocycles. The van der Waals surface area contributed by atoms with E-state index in [0.717, 1.165) is 32.2 Å². The van der Waals surface area contributed by atoms with Gasteiger partial charge in [-0.3, -0.25) is 14.4 Å². The molecule has 0 bridgehead atoms. The quantitative estimate of drug-likeness (QED) is 0.351. The number of rotatable bonds is 5. The molecule has 7 nitrogen and oxygen atoms in total. The van der Waals surface area contributed by atoms with Crippen molar-refractivity contribution in [3.63, 3.8) is 0 Å². The number of aryl methyl sites for hydroxylation is 3. The van der Waals surface area contributed by atoms with E-state index in [9.17, 15) is 14.4 Å². The molecule has 2 saturated heterocycles. The third-order valence-electron chi connectivity index (χ3n) is 6.94. The fourth-order valence-corrected chi connectivity index (χ4v) is 6.10. The van der Waals surface area contributed by atoms with Crippen molar-refractivity contribution in [2.75, 3.05) is 16.6 Å². The Hall–Kier alpha value is -3.49. The van der Waals surface area contributed by atoms with Crippen LogP contribution in [0.15, 0.2) is 48.5 Å². The van der Waals surface area contributed by atoms with Gasteiger partial charge in [0.1, 0.15) is 10.9 Å². The second-order valence-corrected chi connectivity index (χ2v) is 10.4. The number of carbonyl (C=O) groups excluding carboxylic acids is 3. The molecule has 0 saturated carbocycles. The maximum absolute atomic E-state index is 14.0. The summed E-state index contributed by atoms with van der Waals surface area (Å²) in [6.45, 7) is 9.56.